The van der Waals surface area contributed by atoms with E-state index in [9.17, 15) is 5.11 Å². The first kappa shape index (κ1) is 12.2. The number of aromatic nitrogens is 3. The van der Waals surface area contributed by atoms with Gasteiger partial charge in [0.1, 0.15) is 17.0 Å². The molecule has 2 N–H and O–H groups in total. The number of rotatable bonds is 1. The van der Waals surface area contributed by atoms with E-state index < -0.39 is 0 Å². The molecular formula is C16H10ClN3O. The summed E-state index contributed by atoms with van der Waals surface area (Å²) in [5.74, 6) is 0.811. The normalized spacial score (nSPS) is 11.3. The zero-order chi connectivity index (χ0) is 14.4. The summed E-state index contributed by atoms with van der Waals surface area (Å²) in [5.41, 5.74) is 2.93. The molecule has 0 fully saturated rings. The Morgan fingerprint density at radius 1 is 1.00 bits per heavy atom. The second kappa shape index (κ2) is 4.46. The van der Waals surface area contributed by atoms with Crippen LogP contribution in [0.1, 0.15) is 0 Å². The summed E-state index contributed by atoms with van der Waals surface area (Å²) in [4.78, 5) is 12.2. The monoisotopic (exact) mass is 295 g/mol. The number of pyridine rings is 1. The molecule has 0 radical (unpaired) electrons. The smallest absolute Gasteiger partial charge is 0.157 e. The summed E-state index contributed by atoms with van der Waals surface area (Å²) >= 11 is 5.98. The number of phenols is 1. The Hall–Kier alpha value is -2.59. The van der Waals surface area contributed by atoms with Gasteiger partial charge in [-0.15, -0.1) is 0 Å². The van der Waals surface area contributed by atoms with Gasteiger partial charge in [-0.25, -0.2) is 9.97 Å². The van der Waals surface area contributed by atoms with Gasteiger partial charge in [-0.3, -0.25) is 0 Å². The van der Waals surface area contributed by atoms with Crippen LogP contribution in [-0.4, -0.2) is 20.1 Å². The Morgan fingerprint density at radius 3 is 2.81 bits per heavy atom. The molecule has 0 bridgehead atoms. The molecule has 0 aliphatic carbocycles. The third-order valence-electron chi connectivity index (χ3n) is 3.39. The van der Waals surface area contributed by atoms with Crippen LogP contribution in [0.5, 0.6) is 5.75 Å². The van der Waals surface area contributed by atoms with E-state index in [1.807, 2.05) is 30.3 Å². The summed E-state index contributed by atoms with van der Waals surface area (Å²) < 4.78 is 0. The van der Waals surface area contributed by atoms with Gasteiger partial charge in [0, 0.05) is 10.4 Å². The maximum Gasteiger partial charge on any atom is 0.157 e. The number of benzene rings is 2. The fourth-order valence-corrected chi connectivity index (χ4v) is 2.54. The Balaban J connectivity index is 1.93. The van der Waals surface area contributed by atoms with Gasteiger partial charge in [0.15, 0.2) is 5.82 Å². The van der Waals surface area contributed by atoms with E-state index in [2.05, 4.69) is 15.0 Å². The minimum atomic E-state index is 0.161. The van der Waals surface area contributed by atoms with Crippen LogP contribution in [0.2, 0.25) is 5.02 Å². The van der Waals surface area contributed by atoms with Crippen molar-refractivity contribution in [3.63, 3.8) is 0 Å². The van der Waals surface area contributed by atoms with Crippen molar-refractivity contribution in [2.45, 2.75) is 0 Å². The first-order chi connectivity index (χ1) is 10.2. The topological polar surface area (TPSA) is 61.8 Å². The van der Waals surface area contributed by atoms with Gasteiger partial charge in [0.2, 0.25) is 0 Å². The van der Waals surface area contributed by atoms with Crippen LogP contribution in [-0.2, 0) is 0 Å². The van der Waals surface area contributed by atoms with E-state index >= 15 is 0 Å². The number of para-hydroxylation sites is 1. The zero-order valence-corrected chi connectivity index (χ0v) is 11.6. The number of H-pyrrole nitrogens is 1. The number of aromatic hydroxyl groups is 1. The van der Waals surface area contributed by atoms with Crippen LogP contribution < -0.4 is 0 Å². The Bertz CT molecular complexity index is 978. The molecule has 4 rings (SSSR count). The van der Waals surface area contributed by atoms with Gasteiger partial charge < -0.3 is 10.1 Å². The van der Waals surface area contributed by atoms with Gasteiger partial charge in [-0.05, 0) is 30.3 Å². The average Bonchev–Trinajstić information content (AvgIpc) is 2.90. The van der Waals surface area contributed by atoms with Crippen LogP contribution in [0.4, 0.5) is 0 Å². The number of hydrogen-bond acceptors (Lipinski definition) is 3. The summed E-state index contributed by atoms with van der Waals surface area (Å²) in [6, 6.07) is 14.6. The van der Waals surface area contributed by atoms with Crippen LogP contribution in [0.25, 0.3) is 33.5 Å². The molecule has 0 spiro atoms. The van der Waals surface area contributed by atoms with Crippen LogP contribution in [0.3, 0.4) is 0 Å². The van der Waals surface area contributed by atoms with Crippen molar-refractivity contribution in [1.82, 2.24) is 15.0 Å². The third kappa shape index (κ3) is 2.00. The van der Waals surface area contributed by atoms with E-state index in [0.29, 0.717) is 22.1 Å². The molecule has 102 valence electrons. The highest BCUT2D eigenvalue weighted by Crippen LogP contribution is 2.27. The second-order valence-electron chi connectivity index (χ2n) is 4.79. The molecule has 0 saturated heterocycles. The zero-order valence-electron chi connectivity index (χ0n) is 10.8. The summed E-state index contributed by atoms with van der Waals surface area (Å²) in [5, 5.41) is 11.4. The number of fused-ring (bicyclic) bond motifs is 2. The number of hydrogen-bond donors (Lipinski definition) is 2. The fourth-order valence-electron chi connectivity index (χ4n) is 2.37. The van der Waals surface area contributed by atoms with Gasteiger partial charge in [0.25, 0.3) is 0 Å². The molecule has 21 heavy (non-hydrogen) atoms. The molecule has 0 saturated carbocycles. The molecule has 5 heteroatoms. The highest BCUT2D eigenvalue weighted by Gasteiger charge is 2.09. The Labute approximate surface area is 125 Å². The van der Waals surface area contributed by atoms with Crippen molar-refractivity contribution in [2.75, 3.05) is 0 Å². The molecule has 0 unspecified atom stereocenters. The molecular weight excluding hydrogens is 286 g/mol. The lowest BCUT2D eigenvalue weighted by Crippen LogP contribution is -1.87. The average molecular weight is 296 g/mol. The van der Waals surface area contributed by atoms with E-state index in [1.165, 1.54) is 0 Å². The highest BCUT2D eigenvalue weighted by molar-refractivity contribution is 6.31. The minimum Gasteiger partial charge on any atom is -0.506 e. The number of nitrogens with one attached hydrogen (secondary N) is 1. The van der Waals surface area contributed by atoms with E-state index in [1.54, 1.807) is 18.2 Å². The maximum atomic E-state index is 9.91. The second-order valence-corrected chi connectivity index (χ2v) is 5.23. The number of imidazole rings is 1. The summed E-state index contributed by atoms with van der Waals surface area (Å²) in [6.07, 6.45) is 0. The minimum absolute atomic E-state index is 0.161. The standard InChI is InChI=1S/C16H10ClN3O/c17-10-5-7-11-13(8-10)20-16(19-11)12-6-4-9-2-1-3-14(21)15(9)18-12/h1-8,21H,(H,19,20). The first-order valence-corrected chi connectivity index (χ1v) is 6.83. The molecule has 0 atom stereocenters. The lowest BCUT2D eigenvalue weighted by Gasteiger charge is -2.02. The molecule has 2 aromatic heterocycles. The van der Waals surface area contributed by atoms with Crippen LogP contribution in [0, 0.1) is 0 Å². The van der Waals surface area contributed by atoms with E-state index in [0.717, 1.165) is 16.4 Å². The van der Waals surface area contributed by atoms with Crippen molar-refractivity contribution in [3.8, 4) is 17.3 Å². The highest BCUT2D eigenvalue weighted by atomic mass is 35.5. The van der Waals surface area contributed by atoms with Gasteiger partial charge in [0.05, 0.1) is 11.0 Å². The van der Waals surface area contributed by atoms with Crippen molar-refractivity contribution in [3.05, 3.63) is 53.6 Å². The molecule has 2 aromatic carbocycles. The Morgan fingerprint density at radius 2 is 1.90 bits per heavy atom. The largest absolute Gasteiger partial charge is 0.506 e. The van der Waals surface area contributed by atoms with Gasteiger partial charge in [-0.2, -0.15) is 0 Å². The fraction of sp³-hybridized carbons (Fsp3) is 0. The van der Waals surface area contributed by atoms with E-state index in [4.69, 9.17) is 11.6 Å². The number of phenolic OH excluding ortho intramolecular Hbond substituents is 1. The van der Waals surface area contributed by atoms with Crippen molar-refractivity contribution < 1.29 is 5.11 Å². The van der Waals surface area contributed by atoms with Crippen molar-refractivity contribution in [1.29, 1.82) is 0 Å². The van der Waals surface area contributed by atoms with Gasteiger partial charge in [-0.1, -0.05) is 29.8 Å². The third-order valence-corrected chi connectivity index (χ3v) is 3.62. The molecule has 0 aliphatic rings. The number of aromatic amines is 1. The van der Waals surface area contributed by atoms with Gasteiger partial charge >= 0.3 is 0 Å². The molecule has 0 amide bonds. The summed E-state index contributed by atoms with van der Waals surface area (Å²) in [6.45, 7) is 0. The van der Waals surface area contributed by atoms with Crippen LogP contribution in [0.15, 0.2) is 48.5 Å². The van der Waals surface area contributed by atoms with Crippen LogP contribution >= 0.6 is 11.6 Å². The SMILES string of the molecule is Oc1cccc2ccc(-c3nc4ccc(Cl)cc4[nH]3)nc12. The van der Waals surface area contributed by atoms with Crippen molar-refractivity contribution >= 4 is 33.5 Å². The maximum absolute atomic E-state index is 9.91. The van der Waals surface area contributed by atoms with E-state index in [-0.39, 0.29) is 5.75 Å². The molecule has 4 aromatic rings. The molecule has 4 nitrogen and oxygen atoms in total. The molecule has 0 aliphatic heterocycles. The first-order valence-electron chi connectivity index (χ1n) is 6.45. The number of halogens is 1. The summed E-state index contributed by atoms with van der Waals surface area (Å²) in [7, 11) is 0. The van der Waals surface area contributed by atoms with Crippen molar-refractivity contribution in [2.24, 2.45) is 0 Å². The number of nitrogens with zero attached hydrogens (tertiary/aromatic N) is 2. The lowest BCUT2D eigenvalue weighted by molar-refractivity contribution is 0.480. The molecule has 2 heterocycles. The predicted octanol–water partition coefficient (Wildman–Crippen LogP) is 4.14. The Kier molecular flexibility index (Phi) is 2.59. The predicted molar refractivity (Wildman–Crippen MR) is 83.5 cm³/mol. The quantitative estimate of drug-likeness (QED) is 0.555. The lowest BCUT2D eigenvalue weighted by atomic mass is 10.2.